The van der Waals surface area contributed by atoms with Crippen molar-refractivity contribution in [1.82, 2.24) is 19.5 Å². The third kappa shape index (κ3) is 2.76. The van der Waals surface area contributed by atoms with Gasteiger partial charge in [-0.15, -0.1) is 0 Å². The van der Waals surface area contributed by atoms with Gasteiger partial charge in [0.2, 0.25) is 0 Å². The fourth-order valence-electron chi connectivity index (χ4n) is 2.93. The highest BCUT2D eigenvalue weighted by atomic mass is 15.3. The van der Waals surface area contributed by atoms with Crippen molar-refractivity contribution >= 4 is 5.82 Å². The number of nitrogen functional groups attached to an aromatic ring is 1. The SMILES string of the molecule is CCCn1cncc1-c1nc2c(c(NN)n1)CCCCC2. The molecule has 0 amide bonds. The Labute approximate surface area is 124 Å². The maximum atomic E-state index is 5.68. The zero-order valence-corrected chi connectivity index (χ0v) is 12.5. The molecule has 0 saturated heterocycles. The Bertz CT molecular complexity index is 619. The Hall–Kier alpha value is -1.95. The van der Waals surface area contributed by atoms with Gasteiger partial charge in [0.05, 0.1) is 12.5 Å². The number of hydrazine groups is 1. The average molecular weight is 286 g/mol. The average Bonchev–Trinajstić information content (AvgIpc) is 2.83. The Morgan fingerprint density at radius 2 is 2.10 bits per heavy atom. The number of nitrogens with two attached hydrogens (primary N) is 1. The van der Waals surface area contributed by atoms with Gasteiger partial charge in [0.25, 0.3) is 0 Å². The topological polar surface area (TPSA) is 81.7 Å². The van der Waals surface area contributed by atoms with Crippen LogP contribution in [0.2, 0.25) is 0 Å². The maximum absolute atomic E-state index is 5.68. The molecule has 2 aromatic rings. The number of imidazole rings is 1. The van der Waals surface area contributed by atoms with Crippen LogP contribution in [0.4, 0.5) is 5.82 Å². The number of hydrogen-bond acceptors (Lipinski definition) is 5. The van der Waals surface area contributed by atoms with E-state index < -0.39 is 0 Å². The van der Waals surface area contributed by atoms with Gasteiger partial charge in [-0.3, -0.25) is 0 Å². The number of fused-ring (bicyclic) bond motifs is 1. The summed E-state index contributed by atoms with van der Waals surface area (Å²) in [6, 6.07) is 0. The molecule has 2 heterocycles. The summed E-state index contributed by atoms with van der Waals surface area (Å²) in [4.78, 5) is 13.7. The summed E-state index contributed by atoms with van der Waals surface area (Å²) in [6.45, 7) is 3.07. The van der Waals surface area contributed by atoms with E-state index in [-0.39, 0.29) is 0 Å². The molecule has 3 N–H and O–H groups in total. The summed E-state index contributed by atoms with van der Waals surface area (Å²) in [7, 11) is 0. The van der Waals surface area contributed by atoms with Gasteiger partial charge in [-0.25, -0.2) is 20.8 Å². The first-order chi connectivity index (χ1) is 10.3. The molecule has 3 rings (SSSR count). The summed E-state index contributed by atoms with van der Waals surface area (Å²) in [6.07, 6.45) is 10.3. The van der Waals surface area contributed by atoms with Crippen LogP contribution in [0.5, 0.6) is 0 Å². The van der Waals surface area contributed by atoms with Gasteiger partial charge in [0, 0.05) is 17.8 Å². The molecule has 0 aliphatic heterocycles. The molecule has 112 valence electrons. The predicted octanol–water partition coefficient (Wildman–Crippen LogP) is 2.30. The molecule has 1 aliphatic rings. The van der Waals surface area contributed by atoms with Gasteiger partial charge < -0.3 is 9.99 Å². The van der Waals surface area contributed by atoms with Gasteiger partial charge in [-0.1, -0.05) is 13.3 Å². The van der Waals surface area contributed by atoms with Crippen LogP contribution < -0.4 is 11.3 Å². The molecule has 2 aromatic heterocycles. The molecule has 0 fully saturated rings. The second-order valence-corrected chi connectivity index (χ2v) is 5.50. The number of aryl methyl sites for hydroxylation is 2. The van der Waals surface area contributed by atoms with Crippen molar-refractivity contribution in [2.45, 2.75) is 52.0 Å². The van der Waals surface area contributed by atoms with E-state index in [1.54, 1.807) is 0 Å². The lowest BCUT2D eigenvalue weighted by atomic mass is 10.1. The normalized spacial score (nSPS) is 14.6. The van der Waals surface area contributed by atoms with Crippen LogP contribution in [0, 0.1) is 0 Å². The molecular weight excluding hydrogens is 264 g/mol. The first-order valence-electron chi connectivity index (χ1n) is 7.70. The number of hydrogen-bond donors (Lipinski definition) is 2. The zero-order valence-electron chi connectivity index (χ0n) is 12.5. The highest BCUT2D eigenvalue weighted by Gasteiger charge is 2.18. The zero-order chi connectivity index (χ0) is 14.7. The van der Waals surface area contributed by atoms with Crippen LogP contribution in [0.15, 0.2) is 12.5 Å². The smallest absolute Gasteiger partial charge is 0.180 e. The van der Waals surface area contributed by atoms with Gasteiger partial charge in [-0.2, -0.15) is 0 Å². The predicted molar refractivity (Wildman–Crippen MR) is 82.6 cm³/mol. The van der Waals surface area contributed by atoms with Crippen molar-refractivity contribution in [3.8, 4) is 11.5 Å². The molecule has 1 aliphatic carbocycles. The fraction of sp³-hybridized carbons (Fsp3) is 0.533. The second kappa shape index (κ2) is 6.22. The number of nitrogens with one attached hydrogen (secondary N) is 1. The number of anilines is 1. The Morgan fingerprint density at radius 1 is 1.24 bits per heavy atom. The molecule has 0 aromatic carbocycles. The van der Waals surface area contributed by atoms with E-state index in [0.717, 1.165) is 48.8 Å². The number of nitrogens with zero attached hydrogens (tertiary/aromatic N) is 4. The van der Waals surface area contributed by atoms with Crippen molar-refractivity contribution in [2.24, 2.45) is 5.84 Å². The molecule has 0 radical (unpaired) electrons. The monoisotopic (exact) mass is 286 g/mol. The lowest BCUT2D eigenvalue weighted by Gasteiger charge is -2.13. The Kier molecular flexibility index (Phi) is 4.15. The van der Waals surface area contributed by atoms with E-state index in [4.69, 9.17) is 10.8 Å². The first-order valence-corrected chi connectivity index (χ1v) is 7.70. The fourth-order valence-corrected chi connectivity index (χ4v) is 2.93. The molecule has 21 heavy (non-hydrogen) atoms. The second-order valence-electron chi connectivity index (χ2n) is 5.50. The van der Waals surface area contributed by atoms with E-state index in [0.29, 0.717) is 0 Å². The van der Waals surface area contributed by atoms with E-state index in [2.05, 4.69) is 26.9 Å². The molecule has 0 unspecified atom stereocenters. The van der Waals surface area contributed by atoms with Crippen LogP contribution in [0.3, 0.4) is 0 Å². The van der Waals surface area contributed by atoms with Crippen molar-refractivity contribution in [1.29, 1.82) is 0 Å². The Balaban J connectivity index is 2.07. The van der Waals surface area contributed by atoms with E-state index in [1.165, 1.54) is 24.8 Å². The van der Waals surface area contributed by atoms with Crippen LogP contribution in [-0.4, -0.2) is 19.5 Å². The summed E-state index contributed by atoms with van der Waals surface area (Å²) in [5.74, 6) is 7.16. The largest absolute Gasteiger partial charge is 0.328 e. The number of rotatable bonds is 4. The molecule has 6 heteroatoms. The van der Waals surface area contributed by atoms with Crippen LogP contribution in [0.25, 0.3) is 11.5 Å². The molecular formula is C15H22N6. The minimum Gasteiger partial charge on any atom is -0.328 e. The van der Waals surface area contributed by atoms with Gasteiger partial charge >= 0.3 is 0 Å². The van der Waals surface area contributed by atoms with Crippen molar-refractivity contribution in [3.63, 3.8) is 0 Å². The van der Waals surface area contributed by atoms with E-state index in [1.807, 2.05) is 12.5 Å². The molecule has 0 bridgehead atoms. The molecule has 0 atom stereocenters. The maximum Gasteiger partial charge on any atom is 0.180 e. The van der Waals surface area contributed by atoms with Gasteiger partial charge in [-0.05, 0) is 32.1 Å². The van der Waals surface area contributed by atoms with Crippen molar-refractivity contribution < 1.29 is 0 Å². The summed E-state index contributed by atoms with van der Waals surface area (Å²) in [5.41, 5.74) is 6.03. The molecule has 6 nitrogen and oxygen atoms in total. The van der Waals surface area contributed by atoms with Crippen molar-refractivity contribution in [3.05, 3.63) is 23.8 Å². The lowest BCUT2D eigenvalue weighted by molar-refractivity contribution is 0.680. The standard InChI is InChI=1S/C15H22N6/c1-2-8-21-10-17-9-13(21)15-18-12-7-5-3-4-6-11(12)14(19-15)20-16/h9-10H,2-8,16H2,1H3,(H,18,19,20). The van der Waals surface area contributed by atoms with Crippen LogP contribution in [-0.2, 0) is 19.4 Å². The van der Waals surface area contributed by atoms with Crippen LogP contribution in [0.1, 0.15) is 43.9 Å². The van der Waals surface area contributed by atoms with Gasteiger partial charge in [0.15, 0.2) is 5.82 Å². The third-order valence-electron chi connectivity index (χ3n) is 3.98. The molecule has 0 saturated carbocycles. The summed E-state index contributed by atoms with van der Waals surface area (Å²) >= 11 is 0. The van der Waals surface area contributed by atoms with Gasteiger partial charge in [0.1, 0.15) is 11.5 Å². The third-order valence-corrected chi connectivity index (χ3v) is 3.98. The highest BCUT2D eigenvalue weighted by Crippen LogP contribution is 2.27. The van der Waals surface area contributed by atoms with E-state index >= 15 is 0 Å². The summed E-state index contributed by atoms with van der Waals surface area (Å²) < 4.78 is 2.10. The molecule has 0 spiro atoms. The number of aromatic nitrogens is 4. The minimum atomic E-state index is 0.717. The first kappa shape index (κ1) is 14.0. The highest BCUT2D eigenvalue weighted by molar-refractivity contribution is 5.56. The lowest BCUT2D eigenvalue weighted by Crippen LogP contribution is -2.15. The van der Waals surface area contributed by atoms with E-state index in [9.17, 15) is 0 Å². The quantitative estimate of drug-likeness (QED) is 0.512. The summed E-state index contributed by atoms with van der Waals surface area (Å²) in [5, 5.41) is 0. The van der Waals surface area contributed by atoms with Crippen LogP contribution >= 0.6 is 0 Å². The Morgan fingerprint density at radius 3 is 2.90 bits per heavy atom. The van der Waals surface area contributed by atoms with Crippen molar-refractivity contribution in [2.75, 3.05) is 5.43 Å². The minimum absolute atomic E-state index is 0.717.